The van der Waals surface area contributed by atoms with Crippen molar-refractivity contribution >= 4 is 0 Å². The van der Waals surface area contributed by atoms with Gasteiger partial charge in [-0.15, -0.1) is 0 Å². The Labute approximate surface area is 97.3 Å². The Bertz CT molecular complexity index is 354. The first-order chi connectivity index (χ1) is 7.84. The molecule has 3 nitrogen and oxygen atoms in total. The smallest absolute Gasteiger partial charge is 0.0950 e. The van der Waals surface area contributed by atoms with E-state index in [1.807, 2.05) is 0 Å². The summed E-state index contributed by atoms with van der Waals surface area (Å²) in [6, 6.07) is 0.710. The fourth-order valence-corrected chi connectivity index (χ4v) is 3.09. The number of aromatic nitrogens is 2. The zero-order valence-corrected chi connectivity index (χ0v) is 10.0. The summed E-state index contributed by atoms with van der Waals surface area (Å²) in [7, 11) is 0. The van der Waals surface area contributed by atoms with Crippen LogP contribution in [0.4, 0.5) is 0 Å². The third-order valence-corrected chi connectivity index (χ3v) is 4.20. The minimum absolute atomic E-state index is 0.708. The monoisotopic (exact) mass is 219 g/mol. The first-order valence-electron chi connectivity index (χ1n) is 6.57. The Balaban J connectivity index is 1.79. The van der Waals surface area contributed by atoms with E-state index in [9.17, 15) is 0 Å². The molecule has 3 rings (SSSR count). The molecule has 2 heterocycles. The molecule has 0 spiro atoms. The lowest BCUT2D eigenvalue weighted by atomic mass is 9.86. The molecule has 3 heteroatoms. The van der Waals surface area contributed by atoms with Gasteiger partial charge in [-0.2, -0.15) is 0 Å². The summed E-state index contributed by atoms with van der Waals surface area (Å²) >= 11 is 0. The summed E-state index contributed by atoms with van der Waals surface area (Å²) in [5.41, 5.74) is 1.46. The van der Waals surface area contributed by atoms with Gasteiger partial charge < -0.3 is 9.88 Å². The van der Waals surface area contributed by atoms with Gasteiger partial charge in [0.1, 0.15) is 0 Å². The molecule has 1 aromatic heterocycles. The van der Waals surface area contributed by atoms with Crippen LogP contribution in [-0.4, -0.2) is 22.6 Å². The zero-order chi connectivity index (χ0) is 11.0. The van der Waals surface area contributed by atoms with E-state index in [4.69, 9.17) is 0 Å². The van der Waals surface area contributed by atoms with Gasteiger partial charge in [0.05, 0.1) is 6.33 Å². The summed E-state index contributed by atoms with van der Waals surface area (Å²) in [5, 5.41) is 3.35. The van der Waals surface area contributed by atoms with Crippen molar-refractivity contribution in [1.29, 1.82) is 0 Å². The van der Waals surface area contributed by atoms with Gasteiger partial charge in [-0.25, -0.2) is 4.98 Å². The quantitative estimate of drug-likeness (QED) is 0.827. The topological polar surface area (TPSA) is 29.9 Å². The van der Waals surface area contributed by atoms with Crippen LogP contribution in [0, 0.1) is 5.92 Å². The number of rotatable bonds is 2. The predicted octanol–water partition coefficient (Wildman–Crippen LogP) is 2.32. The lowest BCUT2D eigenvalue weighted by molar-refractivity contribution is 0.271. The summed E-state index contributed by atoms with van der Waals surface area (Å²) in [6.45, 7) is 4.65. The van der Waals surface area contributed by atoms with E-state index in [-0.39, 0.29) is 0 Å². The van der Waals surface area contributed by atoms with E-state index < -0.39 is 0 Å². The highest BCUT2D eigenvalue weighted by Crippen LogP contribution is 2.34. The van der Waals surface area contributed by atoms with Crippen LogP contribution in [0.1, 0.15) is 50.3 Å². The van der Waals surface area contributed by atoms with E-state index in [0.29, 0.717) is 12.0 Å². The lowest BCUT2D eigenvalue weighted by Gasteiger charge is -2.33. The average molecular weight is 219 g/mol. The molecule has 2 fully saturated rings. The van der Waals surface area contributed by atoms with Crippen LogP contribution in [0.25, 0.3) is 0 Å². The number of hydrogen-bond acceptors (Lipinski definition) is 2. The molecule has 0 radical (unpaired) electrons. The van der Waals surface area contributed by atoms with E-state index in [1.54, 1.807) is 0 Å². The van der Waals surface area contributed by atoms with Crippen LogP contribution < -0.4 is 5.32 Å². The molecule has 2 atom stereocenters. The van der Waals surface area contributed by atoms with Gasteiger partial charge in [0, 0.05) is 36.9 Å². The molecule has 0 amide bonds. The Morgan fingerprint density at radius 2 is 2.25 bits per heavy atom. The summed E-state index contributed by atoms with van der Waals surface area (Å²) in [4.78, 5) is 4.36. The van der Waals surface area contributed by atoms with Gasteiger partial charge in [-0.1, -0.05) is 19.8 Å². The second-order valence-corrected chi connectivity index (χ2v) is 5.51. The van der Waals surface area contributed by atoms with Crippen LogP contribution in [0.3, 0.4) is 0 Å². The molecule has 1 aliphatic carbocycles. The molecule has 2 aliphatic rings. The van der Waals surface area contributed by atoms with Crippen molar-refractivity contribution in [2.45, 2.75) is 44.6 Å². The molecule has 1 aliphatic heterocycles. The van der Waals surface area contributed by atoms with Crippen molar-refractivity contribution in [2.24, 2.45) is 5.92 Å². The van der Waals surface area contributed by atoms with E-state index in [1.165, 1.54) is 31.4 Å². The number of imidazole rings is 1. The van der Waals surface area contributed by atoms with Crippen LogP contribution in [0.2, 0.25) is 0 Å². The Morgan fingerprint density at radius 1 is 1.38 bits per heavy atom. The number of hydrogen-bond donors (Lipinski definition) is 1. The third-order valence-electron chi connectivity index (χ3n) is 4.20. The molecular weight excluding hydrogens is 198 g/mol. The first-order valence-corrected chi connectivity index (χ1v) is 6.57. The van der Waals surface area contributed by atoms with E-state index >= 15 is 0 Å². The van der Waals surface area contributed by atoms with Gasteiger partial charge in [0.2, 0.25) is 0 Å². The standard InChI is InChI=1S/C13H21N3/c1-10-3-2-4-12(5-10)16-9-15-8-13(16)11-6-14-7-11/h8-12,14H,2-7H2,1H3. The predicted molar refractivity (Wildman–Crippen MR) is 64.5 cm³/mol. The average Bonchev–Trinajstić information content (AvgIpc) is 2.64. The van der Waals surface area contributed by atoms with Crippen molar-refractivity contribution < 1.29 is 0 Å². The second-order valence-electron chi connectivity index (χ2n) is 5.51. The summed E-state index contributed by atoms with van der Waals surface area (Å²) < 4.78 is 2.46. The normalized spacial score (nSPS) is 31.3. The highest BCUT2D eigenvalue weighted by molar-refractivity contribution is 5.13. The van der Waals surface area contributed by atoms with Gasteiger partial charge in [0.15, 0.2) is 0 Å². The van der Waals surface area contributed by atoms with E-state index in [2.05, 4.69) is 34.3 Å². The summed E-state index contributed by atoms with van der Waals surface area (Å²) in [5.74, 6) is 1.59. The minimum atomic E-state index is 0.708. The SMILES string of the molecule is CC1CCCC(n2cncc2C2CNC2)C1. The molecule has 1 saturated carbocycles. The van der Waals surface area contributed by atoms with Crippen molar-refractivity contribution in [2.75, 3.05) is 13.1 Å². The highest BCUT2D eigenvalue weighted by atomic mass is 15.1. The molecule has 1 aromatic rings. The van der Waals surface area contributed by atoms with Crippen LogP contribution in [-0.2, 0) is 0 Å². The highest BCUT2D eigenvalue weighted by Gasteiger charge is 2.27. The van der Waals surface area contributed by atoms with Crippen LogP contribution in [0.5, 0.6) is 0 Å². The maximum absolute atomic E-state index is 4.36. The van der Waals surface area contributed by atoms with Gasteiger partial charge in [-0.05, 0) is 18.8 Å². The van der Waals surface area contributed by atoms with Crippen molar-refractivity contribution in [3.8, 4) is 0 Å². The molecule has 16 heavy (non-hydrogen) atoms. The second kappa shape index (κ2) is 4.21. The molecular formula is C13H21N3. The summed E-state index contributed by atoms with van der Waals surface area (Å²) in [6.07, 6.45) is 9.59. The van der Waals surface area contributed by atoms with Crippen LogP contribution in [0.15, 0.2) is 12.5 Å². The molecule has 1 saturated heterocycles. The number of nitrogens with one attached hydrogen (secondary N) is 1. The number of nitrogens with zero attached hydrogens (tertiary/aromatic N) is 2. The Morgan fingerprint density at radius 3 is 2.94 bits per heavy atom. The maximum Gasteiger partial charge on any atom is 0.0950 e. The minimum Gasteiger partial charge on any atom is -0.331 e. The largest absolute Gasteiger partial charge is 0.331 e. The van der Waals surface area contributed by atoms with Gasteiger partial charge in [0.25, 0.3) is 0 Å². The molecule has 1 N–H and O–H groups in total. The van der Waals surface area contributed by atoms with Crippen LogP contribution >= 0.6 is 0 Å². The Hall–Kier alpha value is -0.830. The molecule has 88 valence electrons. The van der Waals surface area contributed by atoms with Crippen molar-refractivity contribution in [1.82, 2.24) is 14.9 Å². The lowest BCUT2D eigenvalue weighted by Crippen LogP contribution is -2.41. The first kappa shape index (κ1) is 10.3. The van der Waals surface area contributed by atoms with Crippen molar-refractivity contribution in [3.63, 3.8) is 0 Å². The van der Waals surface area contributed by atoms with Crippen molar-refractivity contribution in [3.05, 3.63) is 18.2 Å². The molecule has 0 aromatic carbocycles. The fourth-order valence-electron chi connectivity index (χ4n) is 3.09. The van der Waals surface area contributed by atoms with Gasteiger partial charge in [-0.3, -0.25) is 0 Å². The van der Waals surface area contributed by atoms with Gasteiger partial charge >= 0.3 is 0 Å². The van der Waals surface area contributed by atoms with E-state index in [0.717, 1.165) is 19.0 Å². The molecule has 2 unspecified atom stereocenters. The third kappa shape index (κ3) is 1.77. The maximum atomic E-state index is 4.36. The fraction of sp³-hybridized carbons (Fsp3) is 0.769. The molecule has 0 bridgehead atoms. The zero-order valence-electron chi connectivity index (χ0n) is 10.0. The Kier molecular flexibility index (Phi) is 2.72.